The molecule has 1 aliphatic rings. The van der Waals surface area contributed by atoms with Crippen LogP contribution in [0.4, 0.5) is 0 Å². The van der Waals surface area contributed by atoms with Crippen LogP contribution in [-0.2, 0) is 29.4 Å². The molecule has 0 amide bonds. The molecule has 1 N–H and O–H groups in total. The van der Waals surface area contributed by atoms with Gasteiger partial charge >= 0.3 is 5.97 Å². The Labute approximate surface area is 113 Å². The minimum atomic E-state index is -3.70. The highest BCUT2D eigenvalue weighted by Crippen LogP contribution is 2.31. The molecule has 0 heterocycles. The summed E-state index contributed by atoms with van der Waals surface area (Å²) in [6, 6.07) is 0. The Morgan fingerprint density at radius 2 is 1.89 bits per heavy atom. The van der Waals surface area contributed by atoms with Crippen LogP contribution in [0.2, 0.25) is 0 Å². The van der Waals surface area contributed by atoms with E-state index in [9.17, 15) is 21.6 Å². The van der Waals surface area contributed by atoms with Crippen molar-refractivity contribution in [3.8, 4) is 0 Å². The molecule has 0 aromatic heterocycles. The van der Waals surface area contributed by atoms with E-state index >= 15 is 0 Å². The van der Waals surface area contributed by atoms with Crippen molar-refractivity contribution in [2.24, 2.45) is 5.92 Å². The van der Waals surface area contributed by atoms with Crippen molar-refractivity contribution in [3.05, 3.63) is 0 Å². The molecule has 7 nitrogen and oxygen atoms in total. The first-order valence-corrected chi connectivity index (χ1v) is 9.52. The highest BCUT2D eigenvalue weighted by Gasteiger charge is 2.41. The highest BCUT2D eigenvalue weighted by molar-refractivity contribution is 7.91. The van der Waals surface area contributed by atoms with Gasteiger partial charge < -0.3 is 4.74 Å². The van der Waals surface area contributed by atoms with Gasteiger partial charge in [0, 0.05) is 12.8 Å². The Balaban J connectivity index is 2.69. The van der Waals surface area contributed by atoms with Gasteiger partial charge in [0.15, 0.2) is 0 Å². The second kappa shape index (κ2) is 6.19. The maximum Gasteiger partial charge on any atom is 0.310 e. The van der Waals surface area contributed by atoms with Crippen molar-refractivity contribution < 1.29 is 26.4 Å². The Bertz CT molecular complexity index is 524. The number of sulfone groups is 1. The first kappa shape index (κ1) is 16.4. The molecule has 1 fully saturated rings. The third-order valence-electron chi connectivity index (χ3n) is 3.13. The Hall–Kier alpha value is -0.670. The number of hydrogen-bond donors (Lipinski definition) is 1. The molecule has 1 aliphatic carbocycles. The largest absolute Gasteiger partial charge is 0.469 e. The molecule has 0 aromatic rings. The maximum absolute atomic E-state index is 12.0. The van der Waals surface area contributed by atoms with Gasteiger partial charge in [0.1, 0.15) is 9.84 Å². The third kappa shape index (κ3) is 4.73. The lowest BCUT2D eigenvalue weighted by Gasteiger charge is -2.18. The van der Waals surface area contributed by atoms with Crippen molar-refractivity contribution in [1.82, 2.24) is 4.72 Å². The molecule has 0 aromatic carbocycles. The lowest BCUT2D eigenvalue weighted by Crippen LogP contribution is -2.41. The molecule has 0 saturated heterocycles. The van der Waals surface area contributed by atoms with E-state index in [2.05, 4.69) is 9.46 Å². The first-order valence-electron chi connectivity index (χ1n) is 5.91. The quantitative estimate of drug-likeness (QED) is 0.649. The molecule has 19 heavy (non-hydrogen) atoms. The van der Waals surface area contributed by atoms with Crippen LogP contribution in [0.3, 0.4) is 0 Å². The van der Waals surface area contributed by atoms with Crippen molar-refractivity contribution in [2.45, 2.75) is 24.5 Å². The van der Waals surface area contributed by atoms with Crippen molar-refractivity contribution in [2.75, 3.05) is 25.7 Å². The van der Waals surface area contributed by atoms with Gasteiger partial charge in [0.05, 0.1) is 24.0 Å². The topological polar surface area (TPSA) is 107 Å². The zero-order chi connectivity index (χ0) is 14.7. The van der Waals surface area contributed by atoms with Crippen LogP contribution in [-0.4, -0.2) is 53.7 Å². The van der Waals surface area contributed by atoms with Crippen LogP contribution in [0.5, 0.6) is 0 Å². The second-order valence-corrected chi connectivity index (χ2v) is 8.91. The number of esters is 1. The maximum atomic E-state index is 12.0. The number of ether oxygens (including phenoxy) is 1. The van der Waals surface area contributed by atoms with Gasteiger partial charge in [-0.25, -0.2) is 21.6 Å². The van der Waals surface area contributed by atoms with E-state index in [0.717, 1.165) is 6.26 Å². The second-order valence-electron chi connectivity index (χ2n) is 4.67. The van der Waals surface area contributed by atoms with E-state index in [1.807, 2.05) is 0 Å². The van der Waals surface area contributed by atoms with Gasteiger partial charge in [-0.2, -0.15) is 0 Å². The number of nitrogens with one attached hydrogen (secondary N) is 1. The Morgan fingerprint density at radius 1 is 1.26 bits per heavy atom. The third-order valence-corrected chi connectivity index (χ3v) is 6.04. The summed E-state index contributed by atoms with van der Waals surface area (Å²) in [5, 5.41) is -0.834. The minimum Gasteiger partial charge on any atom is -0.469 e. The lowest BCUT2D eigenvalue weighted by atomic mass is 10.1. The van der Waals surface area contributed by atoms with Crippen molar-refractivity contribution >= 4 is 25.8 Å². The zero-order valence-corrected chi connectivity index (χ0v) is 12.6. The normalized spacial score (nSPS) is 24.3. The summed E-state index contributed by atoms with van der Waals surface area (Å²) in [4.78, 5) is 11.5. The predicted octanol–water partition coefficient (Wildman–Crippen LogP) is -0.708. The molecule has 0 aliphatic heterocycles. The van der Waals surface area contributed by atoms with Crippen LogP contribution in [0, 0.1) is 5.92 Å². The van der Waals surface area contributed by atoms with Crippen LogP contribution in [0.25, 0.3) is 0 Å². The van der Waals surface area contributed by atoms with E-state index in [1.54, 1.807) is 0 Å². The van der Waals surface area contributed by atoms with Crippen LogP contribution >= 0.6 is 0 Å². The number of carbonyl (C=O) groups is 1. The summed E-state index contributed by atoms with van der Waals surface area (Å²) in [5.41, 5.74) is 0. The molecule has 0 radical (unpaired) electrons. The summed E-state index contributed by atoms with van der Waals surface area (Å²) in [6.07, 6.45) is 2.53. The minimum absolute atomic E-state index is 0.175. The molecule has 2 unspecified atom stereocenters. The highest BCUT2D eigenvalue weighted by atomic mass is 32.2. The number of carbonyl (C=O) groups excluding carboxylic acids is 1. The van der Waals surface area contributed by atoms with Crippen LogP contribution in [0.1, 0.15) is 19.3 Å². The number of sulfonamides is 1. The van der Waals surface area contributed by atoms with Crippen LogP contribution < -0.4 is 4.72 Å². The Kier molecular flexibility index (Phi) is 5.34. The van der Waals surface area contributed by atoms with E-state index in [-0.39, 0.29) is 12.3 Å². The van der Waals surface area contributed by atoms with E-state index in [4.69, 9.17) is 0 Å². The molecule has 1 rings (SSSR count). The van der Waals surface area contributed by atoms with E-state index in [0.29, 0.717) is 19.3 Å². The number of rotatable bonds is 6. The number of hydrogen-bond acceptors (Lipinski definition) is 6. The van der Waals surface area contributed by atoms with Gasteiger partial charge in [-0.05, 0) is 12.8 Å². The van der Waals surface area contributed by atoms with Gasteiger partial charge in [-0.1, -0.05) is 6.42 Å². The molecule has 1 saturated carbocycles. The van der Waals surface area contributed by atoms with Gasteiger partial charge in [-0.15, -0.1) is 0 Å². The molecule has 112 valence electrons. The fourth-order valence-electron chi connectivity index (χ4n) is 2.19. The van der Waals surface area contributed by atoms with E-state index < -0.39 is 37.0 Å². The summed E-state index contributed by atoms with van der Waals surface area (Å²) in [7, 11) is -5.70. The van der Waals surface area contributed by atoms with E-state index in [1.165, 1.54) is 7.11 Å². The average molecular weight is 313 g/mol. The smallest absolute Gasteiger partial charge is 0.310 e. The predicted molar refractivity (Wildman–Crippen MR) is 69.8 cm³/mol. The molecule has 2 atom stereocenters. The molecule has 0 spiro atoms. The van der Waals surface area contributed by atoms with Gasteiger partial charge in [0.25, 0.3) is 0 Å². The van der Waals surface area contributed by atoms with Crippen molar-refractivity contribution in [3.63, 3.8) is 0 Å². The summed E-state index contributed by atoms with van der Waals surface area (Å²) < 4.78 is 52.8. The average Bonchev–Trinajstić information content (AvgIpc) is 2.75. The first-order chi connectivity index (χ1) is 8.67. The van der Waals surface area contributed by atoms with Crippen LogP contribution in [0.15, 0.2) is 0 Å². The molecular formula is C10H19NO6S2. The summed E-state index contributed by atoms with van der Waals surface area (Å²) >= 11 is 0. The summed E-state index contributed by atoms with van der Waals surface area (Å²) in [6.45, 7) is -0.175. The Morgan fingerprint density at radius 3 is 2.42 bits per heavy atom. The lowest BCUT2D eigenvalue weighted by molar-refractivity contribution is -0.145. The molecular weight excluding hydrogens is 294 g/mol. The van der Waals surface area contributed by atoms with Gasteiger partial charge in [-0.3, -0.25) is 4.79 Å². The van der Waals surface area contributed by atoms with Crippen molar-refractivity contribution in [1.29, 1.82) is 0 Å². The molecule has 9 heteroatoms. The monoisotopic (exact) mass is 313 g/mol. The fraction of sp³-hybridized carbons (Fsp3) is 0.900. The summed E-state index contributed by atoms with van der Waals surface area (Å²) in [5.74, 6) is -1.46. The van der Waals surface area contributed by atoms with Gasteiger partial charge in [0.2, 0.25) is 10.0 Å². The fourth-order valence-corrected chi connectivity index (χ4v) is 4.55. The standard InChI is InChI=1S/C10H19NO6S2/c1-17-10(12)8-4-3-5-9(8)19(15,16)11-6-7-18(2,13)14/h8-9,11H,3-7H2,1-2H3. The SMILES string of the molecule is COC(=O)C1CCCC1S(=O)(=O)NCCS(C)(=O)=O. The zero-order valence-electron chi connectivity index (χ0n) is 11.0. The number of methoxy groups -OCH3 is 1. The molecule has 0 bridgehead atoms.